The van der Waals surface area contributed by atoms with Crippen LogP contribution in [0.15, 0.2) is 54.9 Å². The van der Waals surface area contributed by atoms with E-state index in [1.807, 2.05) is 54.6 Å². The minimum absolute atomic E-state index is 0.175. The van der Waals surface area contributed by atoms with E-state index >= 15 is 0 Å². The summed E-state index contributed by atoms with van der Waals surface area (Å²) in [6.45, 7) is 0.175. The second-order valence-corrected chi connectivity index (χ2v) is 5.90. The lowest BCUT2D eigenvalue weighted by molar-refractivity contribution is -0.692. The molecule has 0 bridgehead atoms. The van der Waals surface area contributed by atoms with Gasteiger partial charge in [0, 0.05) is 12.1 Å². The second-order valence-electron chi connectivity index (χ2n) is 4.38. The van der Waals surface area contributed by atoms with Gasteiger partial charge in [-0.25, -0.2) is 13.0 Å². The van der Waals surface area contributed by atoms with Gasteiger partial charge in [0.05, 0.1) is 5.75 Å². The number of hydrogen-bond donors (Lipinski definition) is 0. The molecule has 1 aromatic carbocycles. The van der Waals surface area contributed by atoms with Crippen LogP contribution >= 0.6 is 0 Å². The first-order chi connectivity index (χ1) is 9.53. The third kappa shape index (κ3) is 4.95. The van der Waals surface area contributed by atoms with Crippen molar-refractivity contribution < 1.29 is 17.5 Å². The van der Waals surface area contributed by atoms with E-state index in [1.54, 1.807) is 17.0 Å². The zero-order valence-corrected chi connectivity index (χ0v) is 11.7. The molecule has 1 heterocycles. The summed E-state index contributed by atoms with van der Waals surface area (Å²) in [6.07, 6.45) is 7.50. The Bertz CT molecular complexity index is 677. The Balaban J connectivity index is 2.00. The molecule has 1 aromatic heterocycles. The summed E-state index contributed by atoms with van der Waals surface area (Å²) >= 11 is 0. The molecular weight excluding hydrogens is 274 g/mol. The fraction of sp³-hybridized carbons (Fsp3) is 0.133. The van der Waals surface area contributed by atoms with Gasteiger partial charge in [0.15, 0.2) is 18.9 Å². The van der Waals surface area contributed by atoms with E-state index in [0.717, 1.165) is 11.1 Å². The van der Waals surface area contributed by atoms with E-state index in [9.17, 15) is 13.0 Å². The third-order valence-corrected chi connectivity index (χ3v) is 3.47. The molecule has 5 heteroatoms. The first-order valence-electron chi connectivity index (χ1n) is 6.19. The standard InChI is InChI=1S/C15H15NO3S/c17-20(18,19)13-12-16-10-8-15(9-11-16)7-6-14-4-2-1-3-5-14/h1-11H,12-13H2. The second kappa shape index (κ2) is 6.45. The Kier molecular flexibility index (Phi) is 4.65. The number of aromatic nitrogens is 1. The number of nitrogens with zero attached hydrogens (tertiary/aromatic N) is 1. The minimum Gasteiger partial charge on any atom is -0.748 e. The first-order valence-corrected chi connectivity index (χ1v) is 7.76. The van der Waals surface area contributed by atoms with E-state index < -0.39 is 15.9 Å². The Morgan fingerprint density at radius 1 is 0.950 bits per heavy atom. The molecule has 2 aromatic rings. The lowest BCUT2D eigenvalue weighted by Crippen LogP contribution is -2.36. The molecule has 2 rings (SSSR count). The molecule has 0 fully saturated rings. The predicted molar refractivity (Wildman–Crippen MR) is 76.6 cm³/mol. The molecule has 0 aliphatic heterocycles. The van der Waals surface area contributed by atoms with Crippen molar-refractivity contribution in [1.29, 1.82) is 0 Å². The maximum atomic E-state index is 10.6. The Morgan fingerprint density at radius 2 is 1.50 bits per heavy atom. The lowest BCUT2D eigenvalue weighted by atomic mass is 10.1. The van der Waals surface area contributed by atoms with Crippen molar-refractivity contribution in [2.45, 2.75) is 6.54 Å². The molecule has 0 spiro atoms. The summed E-state index contributed by atoms with van der Waals surface area (Å²) in [5, 5.41) is 0. The van der Waals surface area contributed by atoms with Gasteiger partial charge in [0.2, 0.25) is 0 Å². The first kappa shape index (κ1) is 14.4. The molecule has 0 atom stereocenters. The summed E-state index contributed by atoms with van der Waals surface area (Å²) in [7, 11) is -4.16. The Hall–Kier alpha value is -1.98. The fourth-order valence-corrected chi connectivity index (χ4v) is 2.14. The summed E-state index contributed by atoms with van der Waals surface area (Å²) in [4.78, 5) is 0. The smallest absolute Gasteiger partial charge is 0.169 e. The predicted octanol–water partition coefficient (Wildman–Crippen LogP) is 1.69. The third-order valence-electron chi connectivity index (χ3n) is 2.78. The van der Waals surface area contributed by atoms with Crippen molar-refractivity contribution >= 4 is 22.3 Å². The highest BCUT2D eigenvalue weighted by molar-refractivity contribution is 7.85. The van der Waals surface area contributed by atoms with Gasteiger partial charge < -0.3 is 4.55 Å². The molecule has 0 radical (unpaired) electrons. The molecule has 20 heavy (non-hydrogen) atoms. The molecule has 0 aliphatic rings. The fourth-order valence-electron chi connectivity index (χ4n) is 1.70. The summed E-state index contributed by atoms with van der Waals surface area (Å²) in [5.41, 5.74) is 2.12. The van der Waals surface area contributed by atoms with Gasteiger partial charge >= 0.3 is 0 Å². The average Bonchev–Trinajstić information content (AvgIpc) is 2.44. The van der Waals surface area contributed by atoms with Crippen LogP contribution in [0.25, 0.3) is 12.2 Å². The van der Waals surface area contributed by atoms with Crippen molar-refractivity contribution in [3.63, 3.8) is 0 Å². The van der Waals surface area contributed by atoms with Gasteiger partial charge in [-0.1, -0.05) is 42.5 Å². The Morgan fingerprint density at radius 3 is 2.05 bits per heavy atom. The molecule has 0 saturated carbocycles. The maximum absolute atomic E-state index is 10.6. The zero-order valence-electron chi connectivity index (χ0n) is 10.8. The number of benzene rings is 1. The van der Waals surface area contributed by atoms with Crippen LogP contribution in [0.4, 0.5) is 0 Å². The number of pyridine rings is 1. The van der Waals surface area contributed by atoms with Gasteiger partial charge in [0.1, 0.15) is 10.1 Å². The van der Waals surface area contributed by atoms with Crippen LogP contribution in [-0.4, -0.2) is 18.7 Å². The molecule has 0 amide bonds. The van der Waals surface area contributed by atoms with Crippen molar-refractivity contribution in [1.82, 2.24) is 0 Å². The van der Waals surface area contributed by atoms with Crippen LogP contribution in [0.3, 0.4) is 0 Å². The van der Waals surface area contributed by atoms with Gasteiger partial charge in [-0.15, -0.1) is 0 Å². The molecule has 104 valence electrons. The molecule has 0 aliphatic carbocycles. The van der Waals surface area contributed by atoms with Crippen LogP contribution in [-0.2, 0) is 16.7 Å². The quantitative estimate of drug-likeness (QED) is 0.621. The van der Waals surface area contributed by atoms with E-state index in [2.05, 4.69) is 0 Å². The van der Waals surface area contributed by atoms with E-state index in [-0.39, 0.29) is 6.54 Å². The Labute approximate surface area is 118 Å². The summed E-state index contributed by atoms with van der Waals surface area (Å²) < 4.78 is 33.3. The number of aryl methyl sites for hydroxylation is 1. The maximum Gasteiger partial charge on any atom is 0.169 e. The van der Waals surface area contributed by atoms with Crippen LogP contribution in [0.5, 0.6) is 0 Å². The van der Waals surface area contributed by atoms with Crippen LogP contribution in [0, 0.1) is 0 Å². The van der Waals surface area contributed by atoms with Crippen LogP contribution in [0.2, 0.25) is 0 Å². The highest BCUT2D eigenvalue weighted by atomic mass is 32.2. The SMILES string of the molecule is O=S(=O)([O-])CC[n+]1ccc(C=Cc2ccccc2)cc1. The lowest BCUT2D eigenvalue weighted by Gasteiger charge is -2.03. The van der Waals surface area contributed by atoms with Gasteiger partial charge in [0.25, 0.3) is 0 Å². The van der Waals surface area contributed by atoms with Gasteiger partial charge in [-0.3, -0.25) is 0 Å². The van der Waals surface area contributed by atoms with Crippen LogP contribution in [0.1, 0.15) is 11.1 Å². The normalized spacial score (nSPS) is 11.8. The molecule has 0 N–H and O–H groups in total. The average molecular weight is 289 g/mol. The van der Waals surface area contributed by atoms with Crippen molar-refractivity contribution in [2.24, 2.45) is 0 Å². The van der Waals surface area contributed by atoms with Gasteiger partial charge in [-0.2, -0.15) is 0 Å². The molecule has 0 saturated heterocycles. The summed E-state index contributed by atoms with van der Waals surface area (Å²) in [6, 6.07) is 13.7. The zero-order chi connectivity index (χ0) is 14.4. The topological polar surface area (TPSA) is 61.1 Å². The van der Waals surface area contributed by atoms with E-state index in [1.165, 1.54) is 0 Å². The molecular formula is C15H15NO3S. The highest BCUT2D eigenvalue weighted by Crippen LogP contribution is 2.06. The number of rotatable bonds is 5. The van der Waals surface area contributed by atoms with Crippen molar-refractivity contribution in [3.05, 3.63) is 66.0 Å². The summed E-state index contributed by atoms with van der Waals surface area (Å²) in [5.74, 6) is -0.392. The minimum atomic E-state index is -4.16. The largest absolute Gasteiger partial charge is 0.748 e. The van der Waals surface area contributed by atoms with Gasteiger partial charge in [-0.05, 0) is 11.1 Å². The van der Waals surface area contributed by atoms with Crippen molar-refractivity contribution in [3.8, 4) is 0 Å². The van der Waals surface area contributed by atoms with Crippen molar-refractivity contribution in [2.75, 3.05) is 5.75 Å². The number of hydrogen-bond acceptors (Lipinski definition) is 3. The van der Waals surface area contributed by atoms with E-state index in [0.29, 0.717) is 0 Å². The molecule has 4 nitrogen and oxygen atoms in total. The van der Waals surface area contributed by atoms with E-state index in [4.69, 9.17) is 0 Å². The monoisotopic (exact) mass is 289 g/mol. The van der Waals surface area contributed by atoms with Crippen LogP contribution < -0.4 is 4.57 Å². The molecule has 0 unspecified atom stereocenters. The highest BCUT2D eigenvalue weighted by Gasteiger charge is 2.03.